The number of benzene rings is 2. The third-order valence-electron chi connectivity index (χ3n) is 4.64. The molecule has 0 saturated heterocycles. The summed E-state index contributed by atoms with van der Waals surface area (Å²) in [7, 11) is -3.77. The molecule has 0 aliphatic heterocycles. The summed E-state index contributed by atoms with van der Waals surface area (Å²) in [6, 6.07) is 15.5. The molecule has 1 aromatic heterocycles. The van der Waals surface area contributed by atoms with Gasteiger partial charge in [0.2, 0.25) is 10.0 Å². The second-order valence-corrected chi connectivity index (χ2v) is 8.40. The maximum atomic E-state index is 12.6. The van der Waals surface area contributed by atoms with E-state index in [1.54, 1.807) is 6.07 Å². The zero-order chi connectivity index (χ0) is 21.7. The van der Waals surface area contributed by atoms with E-state index in [0.717, 1.165) is 22.6 Å². The first kappa shape index (κ1) is 21.3. The average Bonchev–Trinajstić information content (AvgIpc) is 3.04. The highest BCUT2D eigenvalue weighted by atomic mass is 32.2. The van der Waals surface area contributed by atoms with Gasteiger partial charge in [0.1, 0.15) is 0 Å². The number of nitrogens with zero attached hydrogens (tertiary/aromatic N) is 2. The van der Waals surface area contributed by atoms with Crippen LogP contribution in [0.15, 0.2) is 59.5 Å². The van der Waals surface area contributed by atoms with Crippen LogP contribution in [0.2, 0.25) is 0 Å². The molecule has 2 aromatic carbocycles. The fraction of sp³-hybridized carbons (Fsp3) is 0.182. The Morgan fingerprint density at radius 2 is 1.87 bits per heavy atom. The number of aromatic nitrogens is 2. The van der Waals surface area contributed by atoms with Crippen molar-refractivity contribution in [3.05, 3.63) is 77.1 Å². The predicted octanol–water partition coefficient (Wildman–Crippen LogP) is 2.33. The summed E-state index contributed by atoms with van der Waals surface area (Å²) >= 11 is 0. The minimum absolute atomic E-state index is 0.0188. The molecule has 0 bridgehead atoms. The summed E-state index contributed by atoms with van der Waals surface area (Å²) < 4.78 is 28.6. The first-order chi connectivity index (χ1) is 14.3. The van der Waals surface area contributed by atoms with Gasteiger partial charge in [-0.15, -0.1) is 6.42 Å². The van der Waals surface area contributed by atoms with E-state index in [4.69, 9.17) is 6.42 Å². The van der Waals surface area contributed by atoms with Crippen molar-refractivity contribution < 1.29 is 13.2 Å². The average molecular weight is 423 g/mol. The Labute approximate surface area is 176 Å². The van der Waals surface area contributed by atoms with E-state index in [9.17, 15) is 13.2 Å². The molecule has 0 fully saturated rings. The Morgan fingerprint density at radius 3 is 2.57 bits per heavy atom. The maximum Gasteiger partial charge on any atom is 0.251 e. The molecule has 0 aliphatic carbocycles. The van der Waals surface area contributed by atoms with Crippen molar-refractivity contribution in [2.75, 3.05) is 6.54 Å². The molecule has 0 atom stereocenters. The third kappa shape index (κ3) is 4.59. The van der Waals surface area contributed by atoms with E-state index < -0.39 is 10.0 Å². The molecule has 0 aliphatic rings. The van der Waals surface area contributed by atoms with Crippen LogP contribution in [0.1, 0.15) is 27.3 Å². The monoisotopic (exact) mass is 422 g/mol. The van der Waals surface area contributed by atoms with E-state index in [2.05, 4.69) is 21.1 Å². The van der Waals surface area contributed by atoms with Gasteiger partial charge < -0.3 is 5.32 Å². The SMILES string of the molecule is C#CCNS(=O)(=O)c1cccc(C(=O)NCc2c(C)nn(-c3ccccc3)c2C)c1. The molecule has 1 heterocycles. The van der Waals surface area contributed by atoms with Crippen LogP contribution in [0, 0.1) is 26.2 Å². The number of carbonyl (C=O) groups is 1. The molecule has 0 radical (unpaired) electrons. The topological polar surface area (TPSA) is 93.1 Å². The van der Waals surface area contributed by atoms with E-state index in [1.165, 1.54) is 18.2 Å². The molecule has 0 unspecified atom stereocenters. The number of amides is 1. The van der Waals surface area contributed by atoms with Crippen LogP contribution in [0.25, 0.3) is 5.69 Å². The molecular formula is C22H22N4O3S. The number of rotatable bonds is 7. The maximum absolute atomic E-state index is 12.6. The van der Waals surface area contributed by atoms with Gasteiger partial charge >= 0.3 is 0 Å². The molecule has 7 nitrogen and oxygen atoms in total. The van der Waals surface area contributed by atoms with Crippen LogP contribution >= 0.6 is 0 Å². The molecule has 3 aromatic rings. The van der Waals surface area contributed by atoms with Crippen LogP contribution in [0.5, 0.6) is 0 Å². The van der Waals surface area contributed by atoms with Crippen LogP contribution in [0.3, 0.4) is 0 Å². The first-order valence-electron chi connectivity index (χ1n) is 9.25. The van der Waals surface area contributed by atoms with Crippen molar-refractivity contribution in [3.8, 4) is 18.0 Å². The number of carbonyl (C=O) groups excluding carboxylic acids is 1. The summed E-state index contributed by atoms with van der Waals surface area (Å²) in [6.45, 7) is 3.98. The van der Waals surface area contributed by atoms with Gasteiger partial charge in [0, 0.05) is 23.4 Å². The van der Waals surface area contributed by atoms with Gasteiger partial charge in [0.15, 0.2) is 0 Å². The van der Waals surface area contributed by atoms with E-state index in [-0.39, 0.29) is 29.5 Å². The van der Waals surface area contributed by atoms with Crippen LogP contribution in [-0.4, -0.2) is 30.7 Å². The fourth-order valence-corrected chi connectivity index (χ4v) is 4.03. The highest BCUT2D eigenvalue weighted by molar-refractivity contribution is 7.89. The molecule has 8 heteroatoms. The van der Waals surface area contributed by atoms with Crippen LogP contribution in [0.4, 0.5) is 0 Å². The van der Waals surface area contributed by atoms with Gasteiger partial charge in [-0.25, -0.2) is 13.1 Å². The normalized spacial score (nSPS) is 11.1. The second-order valence-electron chi connectivity index (χ2n) is 6.64. The summed E-state index contributed by atoms with van der Waals surface area (Å²) in [5.74, 6) is 1.84. The Morgan fingerprint density at radius 1 is 1.13 bits per heavy atom. The minimum atomic E-state index is -3.77. The summed E-state index contributed by atoms with van der Waals surface area (Å²) in [5, 5.41) is 7.41. The van der Waals surface area contributed by atoms with Crippen molar-refractivity contribution in [1.82, 2.24) is 19.8 Å². The third-order valence-corrected chi connectivity index (χ3v) is 6.04. The van der Waals surface area contributed by atoms with Crippen molar-refractivity contribution >= 4 is 15.9 Å². The lowest BCUT2D eigenvalue weighted by Gasteiger charge is -2.09. The van der Waals surface area contributed by atoms with Crippen molar-refractivity contribution in [2.24, 2.45) is 0 Å². The lowest BCUT2D eigenvalue weighted by atomic mass is 10.1. The number of aryl methyl sites for hydroxylation is 1. The zero-order valence-electron chi connectivity index (χ0n) is 16.7. The van der Waals surface area contributed by atoms with Gasteiger partial charge in [-0.1, -0.05) is 30.2 Å². The molecule has 0 saturated carbocycles. The summed E-state index contributed by atoms with van der Waals surface area (Å²) in [4.78, 5) is 12.6. The predicted molar refractivity (Wildman–Crippen MR) is 115 cm³/mol. The molecule has 1 amide bonds. The number of hydrogen-bond acceptors (Lipinski definition) is 4. The summed E-state index contributed by atoms with van der Waals surface area (Å²) in [5.41, 5.74) is 3.82. The Balaban J connectivity index is 1.76. The lowest BCUT2D eigenvalue weighted by molar-refractivity contribution is 0.0950. The first-order valence-corrected chi connectivity index (χ1v) is 10.7. The Hall–Kier alpha value is -3.41. The van der Waals surface area contributed by atoms with Gasteiger partial charge in [-0.05, 0) is 44.2 Å². The molecule has 2 N–H and O–H groups in total. The molecule has 3 rings (SSSR count). The largest absolute Gasteiger partial charge is 0.348 e. The standard InChI is InChI=1S/C22H22N4O3S/c1-4-13-24-30(28,29)20-12-8-9-18(14-20)22(27)23-15-21-16(2)25-26(17(21)3)19-10-6-5-7-11-19/h1,5-12,14,24H,13,15H2,2-3H3,(H,23,27). The van der Waals surface area contributed by atoms with E-state index in [0.29, 0.717) is 0 Å². The van der Waals surface area contributed by atoms with E-state index >= 15 is 0 Å². The highest BCUT2D eigenvalue weighted by Gasteiger charge is 2.17. The van der Waals surface area contributed by atoms with Crippen molar-refractivity contribution in [3.63, 3.8) is 0 Å². The van der Waals surface area contributed by atoms with Crippen LogP contribution in [-0.2, 0) is 16.6 Å². The van der Waals surface area contributed by atoms with Crippen molar-refractivity contribution in [1.29, 1.82) is 0 Å². The molecular weight excluding hydrogens is 400 g/mol. The second kappa shape index (κ2) is 8.95. The summed E-state index contributed by atoms with van der Waals surface area (Å²) in [6.07, 6.45) is 5.10. The Kier molecular flexibility index (Phi) is 6.35. The van der Waals surface area contributed by atoms with Gasteiger partial charge in [-0.3, -0.25) is 4.79 Å². The van der Waals surface area contributed by atoms with Gasteiger partial charge in [0.05, 0.1) is 22.8 Å². The van der Waals surface area contributed by atoms with Gasteiger partial charge in [0.25, 0.3) is 5.91 Å². The molecule has 154 valence electrons. The number of terminal acetylenes is 1. The lowest BCUT2D eigenvalue weighted by Crippen LogP contribution is -2.26. The number of hydrogen-bond donors (Lipinski definition) is 2. The zero-order valence-corrected chi connectivity index (χ0v) is 17.5. The molecule has 30 heavy (non-hydrogen) atoms. The van der Waals surface area contributed by atoms with E-state index in [1.807, 2.05) is 48.9 Å². The quantitative estimate of drug-likeness (QED) is 0.572. The highest BCUT2D eigenvalue weighted by Crippen LogP contribution is 2.18. The van der Waals surface area contributed by atoms with Gasteiger partial charge in [-0.2, -0.15) is 9.82 Å². The Bertz CT molecular complexity index is 1210. The number of nitrogens with one attached hydrogen (secondary N) is 2. The minimum Gasteiger partial charge on any atom is -0.348 e. The van der Waals surface area contributed by atoms with Crippen LogP contribution < -0.4 is 10.0 Å². The number of para-hydroxylation sites is 1. The van der Waals surface area contributed by atoms with Crippen molar-refractivity contribution in [2.45, 2.75) is 25.3 Å². The smallest absolute Gasteiger partial charge is 0.251 e. The fourth-order valence-electron chi connectivity index (χ4n) is 3.05. The number of sulfonamides is 1. The molecule has 0 spiro atoms.